The van der Waals surface area contributed by atoms with Crippen molar-refractivity contribution in [3.05, 3.63) is 50.7 Å². The Bertz CT molecular complexity index is 827. The monoisotopic (exact) mass is 357 g/mol. The second-order valence-corrected chi connectivity index (χ2v) is 7.14. The van der Waals surface area contributed by atoms with Gasteiger partial charge in [0.2, 0.25) is 0 Å². The van der Waals surface area contributed by atoms with Crippen LogP contribution in [0.25, 0.3) is 0 Å². The molecule has 0 aromatic carbocycles. The highest BCUT2D eigenvalue weighted by Crippen LogP contribution is 2.13. The minimum absolute atomic E-state index is 0.214. The Kier molecular flexibility index (Phi) is 5.56. The van der Waals surface area contributed by atoms with Crippen molar-refractivity contribution in [1.82, 2.24) is 25.4 Å². The third-order valence-electron chi connectivity index (χ3n) is 5.16. The third-order valence-corrected chi connectivity index (χ3v) is 5.16. The largest absolute Gasteiger partial charge is 0.348 e. The van der Waals surface area contributed by atoms with Crippen molar-refractivity contribution in [1.29, 1.82) is 0 Å². The van der Waals surface area contributed by atoms with Gasteiger partial charge in [-0.15, -0.1) is 0 Å². The lowest BCUT2D eigenvalue weighted by Gasteiger charge is -2.23. The normalized spacial score (nSPS) is 17.3. The highest BCUT2D eigenvalue weighted by Gasteiger charge is 2.19. The Morgan fingerprint density at radius 2 is 2.19 bits per heavy atom. The number of carbonyl (C=O) groups is 1. The molecule has 3 N–H and O–H groups in total. The van der Waals surface area contributed by atoms with E-state index in [1.807, 2.05) is 19.9 Å². The molecule has 0 aliphatic carbocycles. The van der Waals surface area contributed by atoms with Crippen LogP contribution in [0.3, 0.4) is 0 Å². The smallest absolute Gasteiger partial charge is 0.263 e. The van der Waals surface area contributed by atoms with Crippen molar-refractivity contribution in [3.63, 3.8) is 0 Å². The lowest BCUT2D eigenvalue weighted by molar-refractivity contribution is 0.0948. The van der Waals surface area contributed by atoms with Crippen molar-refractivity contribution in [2.75, 3.05) is 13.1 Å². The maximum atomic E-state index is 12.9. The number of hydrogen-bond acceptors (Lipinski definition) is 4. The molecule has 26 heavy (non-hydrogen) atoms. The molecule has 1 amide bonds. The zero-order valence-electron chi connectivity index (χ0n) is 15.7. The second-order valence-electron chi connectivity index (χ2n) is 7.14. The van der Waals surface area contributed by atoms with Gasteiger partial charge in [0.25, 0.3) is 11.5 Å². The van der Waals surface area contributed by atoms with E-state index >= 15 is 0 Å². The molecule has 1 aliphatic heterocycles. The lowest BCUT2D eigenvalue weighted by Crippen LogP contribution is -2.37. The molecule has 0 spiro atoms. The zero-order valence-corrected chi connectivity index (χ0v) is 15.7. The molecule has 1 atom stereocenters. The number of hydrogen-bond donors (Lipinski definition) is 3. The van der Waals surface area contributed by atoms with Gasteiger partial charge in [-0.2, -0.15) is 5.10 Å². The number of aromatic nitrogens is 3. The molecule has 140 valence electrons. The molecule has 1 unspecified atom stereocenters. The van der Waals surface area contributed by atoms with Crippen LogP contribution in [-0.4, -0.2) is 33.8 Å². The summed E-state index contributed by atoms with van der Waals surface area (Å²) in [6.45, 7) is 8.57. The van der Waals surface area contributed by atoms with Crippen LogP contribution in [0.2, 0.25) is 0 Å². The molecule has 2 aromatic rings. The number of carbonyl (C=O) groups excluding carboxylic acids is 1. The molecule has 1 fully saturated rings. The van der Waals surface area contributed by atoms with Crippen molar-refractivity contribution >= 4 is 5.91 Å². The molecule has 1 aliphatic rings. The molecule has 7 heteroatoms. The van der Waals surface area contributed by atoms with E-state index in [-0.39, 0.29) is 17.0 Å². The van der Waals surface area contributed by atoms with Crippen LogP contribution in [0.5, 0.6) is 0 Å². The zero-order chi connectivity index (χ0) is 18.7. The maximum Gasteiger partial charge on any atom is 0.263 e. The van der Waals surface area contributed by atoms with Gasteiger partial charge in [-0.1, -0.05) is 0 Å². The second kappa shape index (κ2) is 7.86. The summed E-state index contributed by atoms with van der Waals surface area (Å²) in [5.74, 6) is 0.0971. The summed E-state index contributed by atoms with van der Waals surface area (Å²) < 4.78 is 1.67. The average Bonchev–Trinajstić information content (AvgIpc) is 2.95. The quantitative estimate of drug-likeness (QED) is 0.755. The van der Waals surface area contributed by atoms with Crippen LogP contribution in [0, 0.1) is 26.7 Å². The van der Waals surface area contributed by atoms with Gasteiger partial charge >= 0.3 is 0 Å². The fourth-order valence-corrected chi connectivity index (χ4v) is 3.53. The van der Waals surface area contributed by atoms with E-state index in [2.05, 4.69) is 20.8 Å². The van der Waals surface area contributed by atoms with Gasteiger partial charge < -0.3 is 15.2 Å². The number of rotatable bonds is 5. The third kappa shape index (κ3) is 3.88. The fourth-order valence-electron chi connectivity index (χ4n) is 3.53. The number of nitrogens with one attached hydrogen (secondary N) is 3. The predicted octanol–water partition coefficient (Wildman–Crippen LogP) is 1.43. The summed E-state index contributed by atoms with van der Waals surface area (Å²) in [7, 11) is 0. The number of aryl methyl sites for hydroxylation is 3. The van der Waals surface area contributed by atoms with E-state index in [0.717, 1.165) is 42.9 Å². The van der Waals surface area contributed by atoms with E-state index in [0.29, 0.717) is 24.6 Å². The first-order chi connectivity index (χ1) is 12.5. The van der Waals surface area contributed by atoms with Crippen LogP contribution in [0.1, 0.15) is 45.7 Å². The van der Waals surface area contributed by atoms with Gasteiger partial charge in [0, 0.05) is 30.5 Å². The number of pyridine rings is 1. The highest BCUT2D eigenvalue weighted by atomic mass is 16.2. The van der Waals surface area contributed by atoms with Gasteiger partial charge in [0.05, 0.1) is 5.69 Å². The summed E-state index contributed by atoms with van der Waals surface area (Å²) in [4.78, 5) is 25.5. The van der Waals surface area contributed by atoms with Crippen LogP contribution in [0.4, 0.5) is 0 Å². The Hall–Kier alpha value is -2.41. The van der Waals surface area contributed by atoms with E-state index in [4.69, 9.17) is 0 Å². The van der Waals surface area contributed by atoms with E-state index in [1.54, 1.807) is 17.7 Å². The van der Waals surface area contributed by atoms with Gasteiger partial charge in [0.15, 0.2) is 0 Å². The van der Waals surface area contributed by atoms with Gasteiger partial charge in [-0.3, -0.25) is 14.7 Å². The van der Waals surface area contributed by atoms with Crippen LogP contribution < -0.4 is 16.2 Å². The summed E-state index contributed by atoms with van der Waals surface area (Å²) >= 11 is 0. The molecule has 1 saturated heterocycles. The van der Waals surface area contributed by atoms with Crippen LogP contribution >= 0.6 is 0 Å². The maximum absolute atomic E-state index is 12.9. The Morgan fingerprint density at radius 3 is 2.85 bits per heavy atom. The Balaban J connectivity index is 1.76. The Morgan fingerprint density at radius 1 is 1.38 bits per heavy atom. The average molecular weight is 357 g/mol. The molecular weight excluding hydrogens is 330 g/mol. The van der Waals surface area contributed by atoms with Crippen molar-refractivity contribution in [2.45, 2.75) is 46.7 Å². The predicted molar refractivity (Wildman–Crippen MR) is 100 cm³/mol. The fraction of sp³-hybridized carbons (Fsp3) is 0.526. The number of amides is 1. The summed E-state index contributed by atoms with van der Waals surface area (Å²) in [6, 6.07) is 1.85. The molecule has 0 bridgehead atoms. The Labute approximate surface area is 153 Å². The topological polar surface area (TPSA) is 91.8 Å². The summed E-state index contributed by atoms with van der Waals surface area (Å²) in [5, 5.41) is 13.3. The van der Waals surface area contributed by atoms with Crippen molar-refractivity contribution < 1.29 is 4.79 Å². The molecular formula is C19H27N5O2. The molecule has 2 aromatic heterocycles. The first kappa shape index (κ1) is 18.4. The van der Waals surface area contributed by atoms with Gasteiger partial charge in [-0.05, 0) is 64.3 Å². The number of H-pyrrole nitrogens is 1. The summed E-state index contributed by atoms with van der Waals surface area (Å²) in [6.07, 6.45) is 4.03. The molecule has 0 saturated carbocycles. The van der Waals surface area contributed by atoms with Crippen molar-refractivity contribution in [2.24, 2.45) is 5.92 Å². The standard InChI is InChI=1S/C19H27N5O2/c1-12-6-8-24(11-15-5-4-7-20-9-15)19(26)17(12)18(25)21-10-16-13(2)22-23-14(16)3/h6,8,15,20H,4-5,7,9-11H2,1-3H3,(H,21,25)(H,22,23). The number of aromatic amines is 1. The summed E-state index contributed by atoms with van der Waals surface area (Å²) in [5.41, 5.74) is 3.46. The van der Waals surface area contributed by atoms with Crippen LogP contribution in [-0.2, 0) is 13.1 Å². The van der Waals surface area contributed by atoms with E-state index in [1.165, 1.54) is 0 Å². The van der Waals surface area contributed by atoms with Crippen molar-refractivity contribution in [3.8, 4) is 0 Å². The lowest BCUT2D eigenvalue weighted by atomic mass is 9.99. The van der Waals surface area contributed by atoms with E-state index in [9.17, 15) is 9.59 Å². The molecule has 0 radical (unpaired) electrons. The SMILES string of the molecule is Cc1ccn(CC2CCCNC2)c(=O)c1C(=O)NCc1c(C)n[nH]c1C. The number of piperidine rings is 1. The first-order valence-corrected chi connectivity index (χ1v) is 9.16. The van der Waals surface area contributed by atoms with Gasteiger partial charge in [-0.25, -0.2) is 0 Å². The van der Waals surface area contributed by atoms with E-state index < -0.39 is 0 Å². The first-order valence-electron chi connectivity index (χ1n) is 9.16. The molecule has 3 rings (SSSR count). The van der Waals surface area contributed by atoms with Crippen LogP contribution in [0.15, 0.2) is 17.1 Å². The molecule has 3 heterocycles. The molecule has 7 nitrogen and oxygen atoms in total. The minimum Gasteiger partial charge on any atom is -0.348 e. The number of nitrogens with zero attached hydrogens (tertiary/aromatic N) is 2. The van der Waals surface area contributed by atoms with Gasteiger partial charge in [0.1, 0.15) is 5.56 Å². The minimum atomic E-state index is -0.330. The highest BCUT2D eigenvalue weighted by molar-refractivity contribution is 5.95.